The van der Waals surface area contributed by atoms with Crippen LogP contribution in [0.3, 0.4) is 0 Å². The van der Waals surface area contributed by atoms with Gasteiger partial charge in [-0.15, -0.1) is 0 Å². The molecule has 3 aromatic rings. The Kier molecular flexibility index (Phi) is 5.92. The summed E-state index contributed by atoms with van der Waals surface area (Å²) in [6.45, 7) is 0.270. The highest BCUT2D eigenvalue weighted by atomic mass is 33.1. The predicted octanol–water partition coefficient (Wildman–Crippen LogP) is 4.59. The van der Waals surface area contributed by atoms with Crippen molar-refractivity contribution >= 4 is 38.6 Å². The Hall–Kier alpha value is -2.25. The van der Waals surface area contributed by atoms with Crippen molar-refractivity contribution in [1.82, 2.24) is 9.97 Å². The van der Waals surface area contributed by atoms with Crippen molar-refractivity contribution in [1.29, 1.82) is 0 Å². The number of fused-ring (bicyclic) bond motifs is 1. The smallest absolute Gasteiger partial charge is 0.433 e. The van der Waals surface area contributed by atoms with Gasteiger partial charge in [0.1, 0.15) is 17.4 Å². The molecule has 0 aliphatic heterocycles. The summed E-state index contributed by atoms with van der Waals surface area (Å²) in [5.41, 5.74) is 0.769. The molecule has 0 atom stereocenters. The summed E-state index contributed by atoms with van der Waals surface area (Å²) in [6, 6.07) is 14.8. The molecular formula is C17H14N2O3S2. The number of hydrogen-bond acceptors (Lipinski definition) is 7. The lowest BCUT2D eigenvalue weighted by molar-refractivity contribution is 0.106. The lowest BCUT2D eigenvalue weighted by Gasteiger charge is -2.07. The van der Waals surface area contributed by atoms with Gasteiger partial charge in [-0.1, -0.05) is 29.0 Å². The van der Waals surface area contributed by atoms with Crippen LogP contribution in [0, 0.1) is 0 Å². The third-order valence-corrected chi connectivity index (χ3v) is 5.20. The van der Waals surface area contributed by atoms with Crippen LogP contribution < -0.4 is 4.74 Å². The van der Waals surface area contributed by atoms with Gasteiger partial charge < -0.3 is 9.47 Å². The number of ether oxygens (including phenoxy) is 2. The van der Waals surface area contributed by atoms with E-state index in [1.807, 2.05) is 42.5 Å². The summed E-state index contributed by atoms with van der Waals surface area (Å²) < 4.78 is 10.4. The van der Waals surface area contributed by atoms with E-state index < -0.39 is 6.16 Å². The van der Waals surface area contributed by atoms with Gasteiger partial charge >= 0.3 is 6.16 Å². The Balaban J connectivity index is 1.44. The topological polar surface area (TPSA) is 61.3 Å². The highest BCUT2D eigenvalue weighted by molar-refractivity contribution is 8.76. The van der Waals surface area contributed by atoms with E-state index in [2.05, 4.69) is 9.97 Å². The van der Waals surface area contributed by atoms with E-state index in [1.165, 1.54) is 0 Å². The molecule has 0 fully saturated rings. The number of benzene rings is 1. The Labute approximate surface area is 147 Å². The second-order valence-corrected chi connectivity index (χ2v) is 7.04. The maximum Gasteiger partial charge on any atom is 0.513 e. The molecule has 0 aliphatic rings. The standard InChI is InChI=1S/C17H14N2O3S2/c20-17(21-11-12-23-24-16-7-3-4-9-19-16)22-15-8-10-18-14-6-2-1-5-13(14)15/h1-10H,11-12H2. The molecule has 3 rings (SSSR count). The third-order valence-electron chi connectivity index (χ3n) is 2.97. The van der Waals surface area contributed by atoms with Crippen LogP contribution in [-0.4, -0.2) is 28.5 Å². The number of hydrogen-bond donors (Lipinski definition) is 0. The summed E-state index contributed by atoms with van der Waals surface area (Å²) in [5, 5.41) is 1.70. The van der Waals surface area contributed by atoms with Gasteiger partial charge in [-0.2, -0.15) is 0 Å². The Morgan fingerprint density at radius 3 is 2.75 bits per heavy atom. The summed E-state index contributed by atoms with van der Waals surface area (Å²) in [6.07, 6.45) is 2.63. The molecule has 0 spiro atoms. The van der Waals surface area contributed by atoms with Crippen LogP contribution in [0.25, 0.3) is 10.9 Å². The summed E-state index contributed by atoms with van der Waals surface area (Å²) in [5.74, 6) is 1.09. The average molecular weight is 358 g/mol. The van der Waals surface area contributed by atoms with Gasteiger partial charge in [-0.3, -0.25) is 4.98 Å². The number of pyridine rings is 2. The van der Waals surface area contributed by atoms with Crippen LogP contribution in [-0.2, 0) is 4.74 Å². The summed E-state index contributed by atoms with van der Waals surface area (Å²) >= 11 is 0. The van der Waals surface area contributed by atoms with Crippen LogP contribution >= 0.6 is 21.6 Å². The predicted molar refractivity (Wildman–Crippen MR) is 96.3 cm³/mol. The molecule has 122 valence electrons. The first-order valence-electron chi connectivity index (χ1n) is 7.22. The van der Waals surface area contributed by atoms with Gasteiger partial charge in [0.2, 0.25) is 0 Å². The van der Waals surface area contributed by atoms with Gasteiger partial charge in [-0.05, 0) is 35.1 Å². The van der Waals surface area contributed by atoms with Crippen LogP contribution in [0.15, 0.2) is 66.0 Å². The van der Waals surface area contributed by atoms with Gasteiger partial charge in [-0.25, -0.2) is 9.78 Å². The number of carbonyl (C=O) groups is 1. The molecular weight excluding hydrogens is 344 g/mol. The lowest BCUT2D eigenvalue weighted by atomic mass is 10.2. The fourth-order valence-electron chi connectivity index (χ4n) is 1.94. The van der Waals surface area contributed by atoms with E-state index in [0.717, 1.165) is 15.9 Å². The monoisotopic (exact) mass is 358 g/mol. The van der Waals surface area contributed by atoms with Crippen LogP contribution in [0.2, 0.25) is 0 Å². The Bertz CT molecular complexity index is 810. The van der Waals surface area contributed by atoms with Gasteiger partial charge in [0, 0.05) is 29.6 Å². The number of nitrogens with zero attached hydrogens (tertiary/aromatic N) is 2. The van der Waals surface area contributed by atoms with Gasteiger partial charge in [0.15, 0.2) is 0 Å². The molecule has 5 nitrogen and oxygen atoms in total. The molecule has 0 saturated heterocycles. The minimum absolute atomic E-state index is 0.270. The SMILES string of the molecule is O=C(OCCSSc1ccccn1)Oc1ccnc2ccccc12. The zero-order valence-electron chi connectivity index (χ0n) is 12.6. The Morgan fingerprint density at radius 1 is 1.00 bits per heavy atom. The number of rotatable bonds is 6. The normalized spacial score (nSPS) is 10.5. The summed E-state index contributed by atoms with van der Waals surface area (Å²) in [7, 11) is 3.11. The molecule has 0 saturated carbocycles. The lowest BCUT2D eigenvalue weighted by Crippen LogP contribution is -2.12. The fraction of sp³-hybridized carbons (Fsp3) is 0.118. The number of aromatic nitrogens is 2. The second-order valence-electron chi connectivity index (χ2n) is 4.60. The molecule has 0 N–H and O–H groups in total. The minimum Gasteiger partial charge on any atom is -0.433 e. The van der Waals surface area contributed by atoms with Crippen molar-refractivity contribution in [3.05, 3.63) is 60.9 Å². The minimum atomic E-state index is -0.713. The zero-order valence-corrected chi connectivity index (χ0v) is 14.3. The first-order chi connectivity index (χ1) is 11.8. The fourth-order valence-corrected chi connectivity index (χ4v) is 3.64. The first-order valence-corrected chi connectivity index (χ1v) is 9.54. The third kappa shape index (κ3) is 4.62. The molecule has 0 radical (unpaired) electrons. The molecule has 2 heterocycles. The second kappa shape index (κ2) is 8.56. The van der Waals surface area contributed by atoms with E-state index in [9.17, 15) is 4.79 Å². The average Bonchev–Trinajstić information content (AvgIpc) is 2.63. The molecule has 24 heavy (non-hydrogen) atoms. The van der Waals surface area contributed by atoms with Gasteiger partial charge in [0.05, 0.1) is 5.52 Å². The van der Waals surface area contributed by atoms with E-state index in [1.54, 1.807) is 40.0 Å². The molecule has 2 aromatic heterocycles. The number of para-hydroxylation sites is 1. The largest absolute Gasteiger partial charge is 0.513 e. The van der Waals surface area contributed by atoms with E-state index >= 15 is 0 Å². The first kappa shape index (κ1) is 16.6. The van der Waals surface area contributed by atoms with Gasteiger partial charge in [0.25, 0.3) is 0 Å². The summed E-state index contributed by atoms with van der Waals surface area (Å²) in [4.78, 5) is 20.2. The van der Waals surface area contributed by atoms with Crippen LogP contribution in [0.1, 0.15) is 0 Å². The Morgan fingerprint density at radius 2 is 1.88 bits per heavy atom. The van der Waals surface area contributed by atoms with E-state index in [4.69, 9.17) is 9.47 Å². The van der Waals surface area contributed by atoms with E-state index in [0.29, 0.717) is 11.5 Å². The van der Waals surface area contributed by atoms with Crippen molar-refractivity contribution in [2.45, 2.75) is 5.03 Å². The quantitative estimate of drug-likeness (QED) is 0.363. The highest BCUT2D eigenvalue weighted by Gasteiger charge is 2.09. The molecule has 1 aromatic carbocycles. The molecule has 0 bridgehead atoms. The van der Waals surface area contributed by atoms with Crippen molar-refractivity contribution in [3.63, 3.8) is 0 Å². The van der Waals surface area contributed by atoms with Crippen LogP contribution in [0.5, 0.6) is 5.75 Å². The van der Waals surface area contributed by atoms with Crippen molar-refractivity contribution in [2.75, 3.05) is 12.4 Å². The molecule has 0 aliphatic carbocycles. The highest BCUT2D eigenvalue weighted by Crippen LogP contribution is 2.28. The number of carbonyl (C=O) groups excluding carboxylic acids is 1. The zero-order chi connectivity index (χ0) is 16.6. The molecule has 7 heteroatoms. The van der Waals surface area contributed by atoms with Crippen molar-refractivity contribution in [2.24, 2.45) is 0 Å². The molecule has 0 unspecified atom stereocenters. The van der Waals surface area contributed by atoms with E-state index in [-0.39, 0.29) is 6.61 Å². The van der Waals surface area contributed by atoms with Crippen molar-refractivity contribution < 1.29 is 14.3 Å². The van der Waals surface area contributed by atoms with Crippen molar-refractivity contribution in [3.8, 4) is 5.75 Å². The van der Waals surface area contributed by atoms with Crippen LogP contribution in [0.4, 0.5) is 4.79 Å². The molecule has 0 amide bonds. The maximum absolute atomic E-state index is 11.8. The maximum atomic E-state index is 11.8.